The Bertz CT molecular complexity index is 1100. The Kier molecular flexibility index (Phi) is 7.28. The number of rotatable bonds is 9. The van der Waals surface area contributed by atoms with Crippen LogP contribution in [0, 0.1) is 11.3 Å². The summed E-state index contributed by atoms with van der Waals surface area (Å²) in [6.45, 7) is 4.87. The van der Waals surface area contributed by atoms with Gasteiger partial charge in [-0.2, -0.15) is 5.26 Å². The van der Waals surface area contributed by atoms with Crippen LogP contribution in [0.3, 0.4) is 0 Å². The first-order valence-electron chi connectivity index (χ1n) is 10.2. The predicted octanol–water partition coefficient (Wildman–Crippen LogP) is 5.35. The highest BCUT2D eigenvalue weighted by Gasteiger charge is 2.21. The van der Waals surface area contributed by atoms with Crippen molar-refractivity contribution >= 4 is 16.7 Å². The maximum Gasteiger partial charge on any atom is 0.360 e. The molecule has 160 valence electrons. The van der Waals surface area contributed by atoms with E-state index in [1.54, 1.807) is 30.3 Å². The van der Waals surface area contributed by atoms with E-state index in [0.717, 1.165) is 18.6 Å². The first-order valence-corrected chi connectivity index (χ1v) is 10.2. The summed E-state index contributed by atoms with van der Waals surface area (Å²) in [6.07, 6.45) is 2.48. The minimum atomic E-state index is -0.765. The molecule has 0 aliphatic rings. The van der Waals surface area contributed by atoms with Crippen molar-refractivity contribution < 1.29 is 24.1 Å². The van der Waals surface area contributed by atoms with Crippen molar-refractivity contribution in [2.24, 2.45) is 0 Å². The van der Waals surface area contributed by atoms with Gasteiger partial charge < -0.3 is 19.3 Å². The van der Waals surface area contributed by atoms with E-state index < -0.39 is 5.97 Å². The van der Waals surface area contributed by atoms with Gasteiger partial charge in [0.15, 0.2) is 11.4 Å². The Morgan fingerprint density at radius 3 is 2.39 bits per heavy atom. The number of hydrogen-bond donors (Lipinski definition) is 1. The number of carbonyl (C=O) groups excluding carboxylic acids is 1. The Morgan fingerprint density at radius 2 is 1.71 bits per heavy atom. The van der Waals surface area contributed by atoms with Crippen LogP contribution in [0.1, 0.15) is 49.3 Å². The molecular weight excluding hydrogens is 396 g/mol. The average Bonchev–Trinajstić information content (AvgIpc) is 2.79. The summed E-state index contributed by atoms with van der Waals surface area (Å²) < 4.78 is 16.6. The number of ether oxygens (including phenoxy) is 3. The average molecular weight is 420 g/mol. The minimum Gasteiger partial charge on any atom is -0.505 e. The normalized spacial score (nSPS) is 10.5. The standard InChI is InChI=1S/C24H24N2O5/c1-3-5-13-30-24(28)22-23(27)20-14-18(10-11-19(20)21(15-25)26-22)31-17-8-6-16(7-9-17)29-12-4-2/h6-11,14,27H,3-5,12-13H2,1-2H3. The fraction of sp³-hybridized carbons (Fsp3) is 0.292. The molecule has 7 heteroatoms. The Hall–Kier alpha value is -3.79. The molecule has 0 fully saturated rings. The molecule has 1 heterocycles. The monoisotopic (exact) mass is 420 g/mol. The van der Waals surface area contributed by atoms with Crippen LogP contribution in [0.4, 0.5) is 0 Å². The highest BCUT2D eigenvalue weighted by molar-refractivity contribution is 6.01. The Labute approximate surface area is 180 Å². The molecule has 31 heavy (non-hydrogen) atoms. The van der Waals surface area contributed by atoms with E-state index in [0.29, 0.717) is 29.9 Å². The van der Waals surface area contributed by atoms with Crippen LogP contribution >= 0.6 is 0 Å². The van der Waals surface area contributed by atoms with Gasteiger partial charge in [-0.15, -0.1) is 0 Å². The molecular formula is C24H24N2O5. The van der Waals surface area contributed by atoms with E-state index in [-0.39, 0.29) is 29.1 Å². The van der Waals surface area contributed by atoms with Gasteiger partial charge in [0.1, 0.15) is 29.0 Å². The number of pyridine rings is 1. The number of nitrogens with zero attached hydrogens (tertiary/aromatic N) is 2. The van der Waals surface area contributed by atoms with E-state index in [9.17, 15) is 15.2 Å². The number of aromatic hydroxyl groups is 1. The number of carbonyl (C=O) groups is 1. The molecule has 0 bridgehead atoms. The number of aromatic nitrogens is 1. The smallest absolute Gasteiger partial charge is 0.360 e. The van der Waals surface area contributed by atoms with Crippen LogP contribution in [0.25, 0.3) is 10.8 Å². The van der Waals surface area contributed by atoms with Gasteiger partial charge in [0.2, 0.25) is 0 Å². The molecule has 3 rings (SSSR count). The second kappa shape index (κ2) is 10.3. The van der Waals surface area contributed by atoms with Crippen LogP contribution in [0.2, 0.25) is 0 Å². The lowest BCUT2D eigenvalue weighted by atomic mass is 10.1. The Morgan fingerprint density at radius 1 is 1.00 bits per heavy atom. The predicted molar refractivity (Wildman–Crippen MR) is 116 cm³/mol. The number of fused-ring (bicyclic) bond motifs is 1. The first-order chi connectivity index (χ1) is 15.1. The van der Waals surface area contributed by atoms with Crippen LogP contribution < -0.4 is 9.47 Å². The summed E-state index contributed by atoms with van der Waals surface area (Å²) in [7, 11) is 0. The summed E-state index contributed by atoms with van der Waals surface area (Å²) in [5, 5.41) is 20.8. The molecule has 0 aliphatic heterocycles. The molecule has 0 saturated heterocycles. The fourth-order valence-corrected chi connectivity index (χ4v) is 2.91. The first kappa shape index (κ1) is 21.9. The number of unbranched alkanes of at least 4 members (excludes halogenated alkanes) is 1. The largest absolute Gasteiger partial charge is 0.505 e. The van der Waals surface area contributed by atoms with Crippen LogP contribution in [0.15, 0.2) is 42.5 Å². The van der Waals surface area contributed by atoms with Crippen molar-refractivity contribution in [2.75, 3.05) is 13.2 Å². The molecule has 0 amide bonds. The topological polar surface area (TPSA) is 102 Å². The van der Waals surface area contributed by atoms with Gasteiger partial charge in [0.05, 0.1) is 13.2 Å². The van der Waals surface area contributed by atoms with Gasteiger partial charge in [-0.1, -0.05) is 20.3 Å². The second-order valence-electron chi connectivity index (χ2n) is 6.89. The van der Waals surface area contributed by atoms with Gasteiger partial charge in [0.25, 0.3) is 0 Å². The summed E-state index contributed by atoms with van der Waals surface area (Å²) in [5.41, 5.74) is -0.256. The van der Waals surface area contributed by atoms with E-state index in [1.165, 1.54) is 0 Å². The van der Waals surface area contributed by atoms with Crippen molar-refractivity contribution in [1.29, 1.82) is 5.26 Å². The van der Waals surface area contributed by atoms with E-state index >= 15 is 0 Å². The Balaban J connectivity index is 1.90. The van der Waals surface area contributed by atoms with Gasteiger partial charge in [-0.3, -0.25) is 0 Å². The van der Waals surface area contributed by atoms with Crippen molar-refractivity contribution in [3.05, 3.63) is 53.9 Å². The molecule has 1 aromatic heterocycles. The highest BCUT2D eigenvalue weighted by atomic mass is 16.5. The molecule has 1 N–H and O–H groups in total. The summed E-state index contributed by atoms with van der Waals surface area (Å²) in [6, 6.07) is 14.0. The third-order valence-electron chi connectivity index (χ3n) is 4.51. The third-order valence-corrected chi connectivity index (χ3v) is 4.51. The van der Waals surface area contributed by atoms with Gasteiger partial charge >= 0.3 is 5.97 Å². The number of benzene rings is 2. The van der Waals surface area contributed by atoms with Gasteiger partial charge in [-0.05, 0) is 55.3 Å². The maximum absolute atomic E-state index is 12.3. The third kappa shape index (κ3) is 5.23. The summed E-state index contributed by atoms with van der Waals surface area (Å²) >= 11 is 0. The lowest BCUT2D eigenvalue weighted by Crippen LogP contribution is -2.10. The maximum atomic E-state index is 12.3. The number of esters is 1. The molecule has 0 atom stereocenters. The summed E-state index contributed by atoms with van der Waals surface area (Å²) in [4.78, 5) is 16.3. The van der Waals surface area contributed by atoms with Crippen molar-refractivity contribution in [1.82, 2.24) is 4.98 Å². The molecule has 3 aromatic rings. The van der Waals surface area contributed by atoms with Gasteiger partial charge in [0, 0.05) is 10.8 Å². The lowest BCUT2D eigenvalue weighted by Gasteiger charge is -2.11. The van der Waals surface area contributed by atoms with Crippen LogP contribution in [-0.2, 0) is 4.74 Å². The molecule has 0 saturated carbocycles. The number of hydrogen-bond acceptors (Lipinski definition) is 7. The zero-order valence-corrected chi connectivity index (χ0v) is 17.6. The zero-order chi connectivity index (χ0) is 22.2. The van der Waals surface area contributed by atoms with Crippen LogP contribution in [0.5, 0.6) is 23.0 Å². The van der Waals surface area contributed by atoms with Gasteiger partial charge in [-0.25, -0.2) is 9.78 Å². The number of nitriles is 1. The molecule has 0 radical (unpaired) electrons. The quantitative estimate of drug-likeness (QED) is 0.368. The summed E-state index contributed by atoms with van der Waals surface area (Å²) in [5.74, 6) is 0.658. The van der Waals surface area contributed by atoms with Crippen molar-refractivity contribution in [2.45, 2.75) is 33.1 Å². The lowest BCUT2D eigenvalue weighted by molar-refractivity contribution is 0.0489. The van der Waals surface area contributed by atoms with E-state index in [2.05, 4.69) is 4.98 Å². The van der Waals surface area contributed by atoms with Crippen LogP contribution in [-0.4, -0.2) is 29.3 Å². The highest BCUT2D eigenvalue weighted by Crippen LogP contribution is 2.34. The minimum absolute atomic E-state index is 0.0271. The van der Waals surface area contributed by atoms with E-state index in [4.69, 9.17) is 14.2 Å². The molecule has 2 aromatic carbocycles. The second-order valence-corrected chi connectivity index (χ2v) is 6.89. The molecule has 0 spiro atoms. The fourth-order valence-electron chi connectivity index (χ4n) is 2.91. The molecule has 0 aliphatic carbocycles. The van der Waals surface area contributed by atoms with Crippen molar-refractivity contribution in [3.63, 3.8) is 0 Å². The van der Waals surface area contributed by atoms with E-state index in [1.807, 2.05) is 32.0 Å². The molecule has 7 nitrogen and oxygen atoms in total. The van der Waals surface area contributed by atoms with Crippen molar-refractivity contribution in [3.8, 4) is 29.1 Å². The SMILES string of the molecule is CCCCOC(=O)c1nc(C#N)c2ccc(Oc3ccc(OCCC)cc3)cc2c1O. The zero-order valence-electron chi connectivity index (χ0n) is 17.6. The molecule has 0 unspecified atom stereocenters.